The van der Waals surface area contributed by atoms with Gasteiger partial charge in [-0.3, -0.25) is 10.2 Å². The fraction of sp³-hybridized carbons (Fsp3) is 0.364. The summed E-state index contributed by atoms with van der Waals surface area (Å²) in [6.45, 7) is 0. The topological polar surface area (TPSA) is 95.4 Å². The van der Waals surface area contributed by atoms with Crippen molar-refractivity contribution < 1.29 is 0 Å². The number of fused-ring (bicyclic) bond motifs is 9. The maximum absolute atomic E-state index is 6.10. The van der Waals surface area contributed by atoms with Crippen LogP contribution in [0.5, 0.6) is 0 Å². The van der Waals surface area contributed by atoms with Gasteiger partial charge in [0.25, 0.3) is 0 Å². The fourth-order valence-corrected chi connectivity index (χ4v) is 6.50. The van der Waals surface area contributed by atoms with Crippen molar-refractivity contribution in [1.82, 2.24) is 20.4 Å². The molecule has 140 valence electrons. The SMILES string of the molecule is Nc1n[nH]c2ccc([C@@H]3Nc4cc5[nH]ncc5cc4[C@H]4C5CCC(C5)[C@@H]34)cc12. The van der Waals surface area contributed by atoms with Gasteiger partial charge in [-0.15, -0.1) is 0 Å². The number of benzene rings is 2. The maximum atomic E-state index is 6.10. The van der Waals surface area contributed by atoms with Crippen molar-refractivity contribution in [3.8, 4) is 0 Å². The van der Waals surface area contributed by atoms with E-state index >= 15 is 0 Å². The Bertz CT molecular complexity index is 1240. The number of nitrogens with zero attached hydrogens (tertiary/aromatic N) is 2. The van der Waals surface area contributed by atoms with Gasteiger partial charge in [-0.05, 0) is 78.3 Å². The summed E-state index contributed by atoms with van der Waals surface area (Å²) >= 11 is 0. The van der Waals surface area contributed by atoms with Gasteiger partial charge in [-0.1, -0.05) is 6.07 Å². The van der Waals surface area contributed by atoms with Gasteiger partial charge >= 0.3 is 0 Å². The summed E-state index contributed by atoms with van der Waals surface area (Å²) in [7, 11) is 0. The molecule has 28 heavy (non-hydrogen) atoms. The molecule has 5 atom stereocenters. The van der Waals surface area contributed by atoms with Gasteiger partial charge in [-0.25, -0.2) is 0 Å². The van der Waals surface area contributed by atoms with Crippen molar-refractivity contribution in [2.45, 2.75) is 31.2 Å². The summed E-state index contributed by atoms with van der Waals surface area (Å²) in [5, 5.41) is 20.7. The van der Waals surface area contributed by atoms with Gasteiger partial charge < -0.3 is 11.1 Å². The third kappa shape index (κ3) is 1.83. The molecule has 3 aliphatic rings. The summed E-state index contributed by atoms with van der Waals surface area (Å²) in [4.78, 5) is 0. The van der Waals surface area contributed by atoms with Crippen molar-refractivity contribution in [3.63, 3.8) is 0 Å². The Morgan fingerprint density at radius 3 is 2.89 bits per heavy atom. The molecule has 6 heteroatoms. The third-order valence-electron chi connectivity index (χ3n) is 7.62. The fourth-order valence-electron chi connectivity index (χ4n) is 6.50. The minimum absolute atomic E-state index is 0.312. The standard InChI is InChI=1S/C22H22N6/c23-22-15-6-12(3-4-16(15)27-28-22)21-20-11-2-1-10(5-11)19(20)14-7-13-9-24-26-17(13)8-18(14)25-21/h3-4,6-11,19-21,25H,1-2,5H2,(H,24,26)(H3,23,27,28)/t10?,11?,19-,20-,21+/m1/s1. The predicted octanol–water partition coefficient (Wildman–Crippen LogP) is 4.32. The van der Waals surface area contributed by atoms with Gasteiger partial charge in [-0.2, -0.15) is 10.2 Å². The molecule has 0 amide bonds. The second kappa shape index (κ2) is 5.07. The zero-order valence-corrected chi connectivity index (χ0v) is 15.4. The first kappa shape index (κ1) is 15.0. The van der Waals surface area contributed by atoms with Gasteiger partial charge in [0, 0.05) is 16.5 Å². The first-order chi connectivity index (χ1) is 13.8. The number of hydrogen-bond donors (Lipinski definition) is 4. The average Bonchev–Trinajstić information content (AvgIpc) is 3.50. The lowest BCUT2D eigenvalue weighted by Crippen LogP contribution is -2.35. The van der Waals surface area contributed by atoms with E-state index in [-0.39, 0.29) is 0 Å². The lowest BCUT2D eigenvalue weighted by Gasteiger charge is -2.43. The predicted molar refractivity (Wildman–Crippen MR) is 110 cm³/mol. The van der Waals surface area contributed by atoms with Crippen LogP contribution in [0.3, 0.4) is 0 Å². The third-order valence-corrected chi connectivity index (χ3v) is 7.62. The molecule has 1 aliphatic heterocycles. The average molecular weight is 370 g/mol. The van der Waals surface area contributed by atoms with Crippen LogP contribution >= 0.6 is 0 Å². The first-order valence-corrected chi connectivity index (χ1v) is 10.2. The van der Waals surface area contributed by atoms with Gasteiger partial charge in [0.1, 0.15) is 0 Å². The van der Waals surface area contributed by atoms with E-state index in [1.165, 1.54) is 41.5 Å². The zero-order valence-electron chi connectivity index (χ0n) is 15.4. The van der Waals surface area contributed by atoms with Crippen LogP contribution < -0.4 is 11.1 Å². The molecule has 0 radical (unpaired) electrons. The monoisotopic (exact) mass is 370 g/mol. The molecule has 2 bridgehead atoms. The summed E-state index contributed by atoms with van der Waals surface area (Å²) in [6.07, 6.45) is 6.05. The normalized spacial score (nSPS) is 30.5. The van der Waals surface area contributed by atoms with Crippen LogP contribution in [0.4, 0.5) is 11.5 Å². The van der Waals surface area contributed by atoms with Crippen molar-refractivity contribution in [2.24, 2.45) is 17.8 Å². The van der Waals surface area contributed by atoms with Crippen molar-refractivity contribution >= 4 is 33.3 Å². The number of hydrogen-bond acceptors (Lipinski definition) is 4. The Hall–Kier alpha value is -3.02. The van der Waals surface area contributed by atoms with E-state index in [1.807, 2.05) is 6.20 Å². The number of nitrogen functional groups attached to an aromatic ring is 1. The maximum Gasteiger partial charge on any atom is 0.153 e. The molecule has 2 fully saturated rings. The Kier molecular flexibility index (Phi) is 2.71. The lowest BCUT2D eigenvalue weighted by atomic mass is 9.68. The summed E-state index contributed by atoms with van der Waals surface area (Å²) in [6, 6.07) is 11.5. The van der Waals surface area contributed by atoms with Crippen LogP contribution in [-0.2, 0) is 0 Å². The molecule has 2 saturated carbocycles. The number of nitrogens with one attached hydrogen (secondary N) is 3. The molecule has 6 nitrogen and oxygen atoms in total. The van der Waals surface area contributed by atoms with E-state index in [0.29, 0.717) is 23.7 Å². The van der Waals surface area contributed by atoms with Gasteiger partial charge in [0.2, 0.25) is 0 Å². The molecule has 2 aromatic heterocycles. The largest absolute Gasteiger partial charge is 0.382 e. The molecule has 2 aromatic carbocycles. The number of H-pyrrole nitrogens is 2. The quantitative estimate of drug-likeness (QED) is 0.401. The second-order valence-corrected chi connectivity index (χ2v) is 8.87. The van der Waals surface area contributed by atoms with Crippen LogP contribution in [0.2, 0.25) is 0 Å². The Labute approximate surface area is 161 Å². The number of anilines is 2. The van der Waals surface area contributed by atoms with E-state index in [4.69, 9.17) is 5.73 Å². The minimum atomic E-state index is 0.312. The van der Waals surface area contributed by atoms with Crippen LogP contribution in [-0.4, -0.2) is 20.4 Å². The molecular weight excluding hydrogens is 348 g/mol. The van der Waals surface area contributed by atoms with E-state index in [9.17, 15) is 0 Å². The van der Waals surface area contributed by atoms with Gasteiger partial charge in [0.05, 0.1) is 23.3 Å². The van der Waals surface area contributed by atoms with E-state index in [1.54, 1.807) is 0 Å². The highest BCUT2D eigenvalue weighted by molar-refractivity contribution is 5.89. The van der Waals surface area contributed by atoms with Crippen molar-refractivity contribution in [1.29, 1.82) is 0 Å². The highest BCUT2D eigenvalue weighted by Gasteiger charge is 2.53. The van der Waals surface area contributed by atoms with E-state index in [0.717, 1.165) is 28.3 Å². The van der Waals surface area contributed by atoms with Crippen molar-refractivity contribution in [3.05, 3.63) is 47.7 Å². The number of aromatic amines is 2. The zero-order chi connectivity index (χ0) is 18.4. The molecular formula is C22H22N6. The van der Waals surface area contributed by atoms with Crippen LogP contribution in [0, 0.1) is 17.8 Å². The van der Waals surface area contributed by atoms with Crippen molar-refractivity contribution in [2.75, 3.05) is 11.1 Å². The number of rotatable bonds is 1. The number of nitrogens with two attached hydrogens (primary N) is 1. The highest BCUT2D eigenvalue weighted by Crippen LogP contribution is 2.64. The molecule has 0 saturated heterocycles. The summed E-state index contributed by atoms with van der Waals surface area (Å²) in [5.74, 6) is 3.47. The van der Waals surface area contributed by atoms with E-state index in [2.05, 4.69) is 56.0 Å². The molecule has 5 N–H and O–H groups in total. The molecule has 7 rings (SSSR count). The van der Waals surface area contributed by atoms with Gasteiger partial charge in [0.15, 0.2) is 5.82 Å². The Balaban J connectivity index is 1.42. The summed E-state index contributed by atoms with van der Waals surface area (Å²) < 4.78 is 0. The lowest BCUT2D eigenvalue weighted by molar-refractivity contribution is 0.248. The summed E-state index contributed by atoms with van der Waals surface area (Å²) in [5.41, 5.74) is 12.3. The Morgan fingerprint density at radius 2 is 1.93 bits per heavy atom. The molecule has 0 spiro atoms. The van der Waals surface area contributed by atoms with Crippen LogP contribution in [0.15, 0.2) is 36.5 Å². The van der Waals surface area contributed by atoms with Crippen LogP contribution in [0.1, 0.15) is 42.3 Å². The molecule has 3 heterocycles. The second-order valence-electron chi connectivity index (χ2n) is 8.87. The minimum Gasteiger partial charge on any atom is -0.382 e. The molecule has 2 aliphatic carbocycles. The molecule has 4 aromatic rings. The number of aromatic nitrogens is 4. The highest BCUT2D eigenvalue weighted by atomic mass is 15.1. The molecule has 2 unspecified atom stereocenters. The Morgan fingerprint density at radius 1 is 1.00 bits per heavy atom. The van der Waals surface area contributed by atoms with Crippen LogP contribution in [0.25, 0.3) is 21.8 Å². The first-order valence-electron chi connectivity index (χ1n) is 10.2. The van der Waals surface area contributed by atoms with E-state index < -0.39 is 0 Å². The smallest absolute Gasteiger partial charge is 0.153 e.